The summed E-state index contributed by atoms with van der Waals surface area (Å²) in [6.07, 6.45) is 10.4. The molecule has 1 fully saturated rings. The molecular weight excluding hydrogens is 332 g/mol. The summed E-state index contributed by atoms with van der Waals surface area (Å²) < 4.78 is 0. The molecular formula is C21H34O5. The third kappa shape index (κ3) is 7.83. The highest BCUT2D eigenvalue weighted by Crippen LogP contribution is 2.37. The van der Waals surface area contributed by atoms with E-state index < -0.39 is 18.2 Å². The van der Waals surface area contributed by atoms with Crippen LogP contribution in [0.15, 0.2) is 23.8 Å². The number of aliphatic carboxylic acids is 1. The number of Topliss-reactive ketones (excluding diaryl/α,β-unsaturated/α-hetero) is 1. The van der Waals surface area contributed by atoms with Gasteiger partial charge in [0.05, 0.1) is 12.2 Å². The number of allylic oxidation sites excluding steroid dienone is 2. The summed E-state index contributed by atoms with van der Waals surface area (Å²) >= 11 is 0. The Bertz CT molecular complexity index is 509. The SMILES string of the molecule is CCCCCC(O)/C=C(\C)C1C(O)CC(=O)C1C/C=C/CCCC(=O)O. The van der Waals surface area contributed by atoms with Crippen LogP contribution < -0.4 is 0 Å². The number of carboxylic acids is 1. The largest absolute Gasteiger partial charge is 0.481 e. The molecule has 148 valence electrons. The van der Waals surface area contributed by atoms with Gasteiger partial charge in [0.15, 0.2) is 0 Å². The highest BCUT2D eigenvalue weighted by atomic mass is 16.4. The first-order valence-corrected chi connectivity index (χ1v) is 9.80. The van der Waals surface area contributed by atoms with E-state index in [1.54, 1.807) is 6.08 Å². The topological polar surface area (TPSA) is 94.8 Å². The van der Waals surface area contributed by atoms with E-state index in [0.29, 0.717) is 25.7 Å². The second-order valence-electron chi connectivity index (χ2n) is 7.34. The summed E-state index contributed by atoms with van der Waals surface area (Å²) in [5.74, 6) is -1.25. The Hall–Kier alpha value is -1.46. The maximum atomic E-state index is 12.2. The lowest BCUT2D eigenvalue weighted by Gasteiger charge is -2.22. The number of rotatable bonds is 12. The second kappa shape index (κ2) is 12.0. The number of carbonyl (C=O) groups excluding carboxylic acids is 1. The lowest BCUT2D eigenvalue weighted by Crippen LogP contribution is -2.22. The molecule has 0 spiro atoms. The molecule has 0 bridgehead atoms. The zero-order valence-electron chi connectivity index (χ0n) is 16.1. The van der Waals surface area contributed by atoms with E-state index in [4.69, 9.17) is 5.11 Å². The van der Waals surface area contributed by atoms with Crippen molar-refractivity contribution in [3.8, 4) is 0 Å². The number of aliphatic hydroxyl groups is 2. The van der Waals surface area contributed by atoms with E-state index in [-0.39, 0.29) is 30.5 Å². The van der Waals surface area contributed by atoms with Gasteiger partial charge in [0, 0.05) is 24.7 Å². The first-order valence-electron chi connectivity index (χ1n) is 9.80. The minimum atomic E-state index is -0.800. The van der Waals surface area contributed by atoms with Crippen LogP contribution in [-0.4, -0.2) is 39.3 Å². The monoisotopic (exact) mass is 366 g/mol. The summed E-state index contributed by atoms with van der Waals surface area (Å²) in [4.78, 5) is 22.7. The van der Waals surface area contributed by atoms with Gasteiger partial charge in [-0.25, -0.2) is 0 Å². The Balaban J connectivity index is 2.61. The van der Waals surface area contributed by atoms with Crippen molar-refractivity contribution in [3.05, 3.63) is 23.8 Å². The van der Waals surface area contributed by atoms with Gasteiger partial charge in [-0.05, 0) is 32.6 Å². The second-order valence-corrected chi connectivity index (χ2v) is 7.34. The van der Waals surface area contributed by atoms with Crippen LogP contribution in [0.1, 0.15) is 71.6 Å². The number of carbonyl (C=O) groups is 2. The third-order valence-electron chi connectivity index (χ3n) is 5.07. The molecule has 26 heavy (non-hydrogen) atoms. The van der Waals surface area contributed by atoms with Gasteiger partial charge in [-0.3, -0.25) is 9.59 Å². The molecule has 4 unspecified atom stereocenters. The van der Waals surface area contributed by atoms with Crippen LogP contribution in [-0.2, 0) is 9.59 Å². The molecule has 0 radical (unpaired) electrons. The van der Waals surface area contributed by atoms with E-state index >= 15 is 0 Å². The highest BCUT2D eigenvalue weighted by molar-refractivity contribution is 5.85. The number of hydrogen-bond donors (Lipinski definition) is 3. The molecule has 0 aromatic heterocycles. The van der Waals surface area contributed by atoms with Crippen LogP contribution in [0.25, 0.3) is 0 Å². The smallest absolute Gasteiger partial charge is 0.303 e. The number of aliphatic hydroxyl groups excluding tert-OH is 2. The van der Waals surface area contributed by atoms with Crippen molar-refractivity contribution in [2.24, 2.45) is 11.8 Å². The molecule has 5 nitrogen and oxygen atoms in total. The first-order chi connectivity index (χ1) is 12.4. The van der Waals surface area contributed by atoms with Crippen LogP contribution in [0.2, 0.25) is 0 Å². The number of carboxylic acid groups (broad SMARTS) is 1. The molecule has 3 N–H and O–H groups in total. The fraction of sp³-hybridized carbons (Fsp3) is 0.714. The van der Waals surface area contributed by atoms with Crippen LogP contribution in [0.4, 0.5) is 0 Å². The van der Waals surface area contributed by atoms with Gasteiger partial charge in [0.1, 0.15) is 5.78 Å². The average Bonchev–Trinajstić information content (AvgIpc) is 2.84. The quantitative estimate of drug-likeness (QED) is 0.362. The third-order valence-corrected chi connectivity index (χ3v) is 5.07. The van der Waals surface area contributed by atoms with Crippen molar-refractivity contribution in [3.63, 3.8) is 0 Å². The first kappa shape index (κ1) is 22.6. The molecule has 0 amide bonds. The Labute approximate surface area is 156 Å². The minimum absolute atomic E-state index is 0.0610. The molecule has 5 heteroatoms. The zero-order valence-corrected chi connectivity index (χ0v) is 16.1. The van der Waals surface area contributed by atoms with Crippen molar-refractivity contribution in [1.29, 1.82) is 0 Å². The van der Waals surface area contributed by atoms with E-state index in [1.807, 2.05) is 19.1 Å². The van der Waals surface area contributed by atoms with Crippen molar-refractivity contribution in [1.82, 2.24) is 0 Å². The molecule has 0 aromatic carbocycles. The fourth-order valence-electron chi connectivity index (χ4n) is 3.68. The lowest BCUT2D eigenvalue weighted by atomic mass is 9.84. The summed E-state index contributed by atoms with van der Waals surface area (Å²) in [5, 5.41) is 29.1. The van der Waals surface area contributed by atoms with Gasteiger partial charge in [-0.1, -0.05) is 50.0 Å². The van der Waals surface area contributed by atoms with Gasteiger partial charge in [-0.2, -0.15) is 0 Å². The summed E-state index contributed by atoms with van der Waals surface area (Å²) in [6, 6.07) is 0. The molecule has 1 rings (SSSR count). The highest BCUT2D eigenvalue weighted by Gasteiger charge is 2.41. The Kier molecular flexibility index (Phi) is 10.4. The molecule has 0 aliphatic heterocycles. The maximum absolute atomic E-state index is 12.2. The Morgan fingerprint density at radius 3 is 2.65 bits per heavy atom. The molecule has 0 heterocycles. The average molecular weight is 366 g/mol. The molecule has 0 saturated heterocycles. The van der Waals surface area contributed by atoms with Crippen LogP contribution in [0, 0.1) is 11.8 Å². The minimum Gasteiger partial charge on any atom is -0.481 e. The van der Waals surface area contributed by atoms with Gasteiger partial charge < -0.3 is 15.3 Å². The predicted molar refractivity (Wildman–Crippen MR) is 102 cm³/mol. The number of unbranched alkanes of at least 4 members (excludes halogenated alkanes) is 3. The van der Waals surface area contributed by atoms with Crippen molar-refractivity contribution in [2.45, 2.75) is 83.8 Å². The summed E-state index contributed by atoms with van der Waals surface area (Å²) in [7, 11) is 0. The van der Waals surface area contributed by atoms with E-state index in [1.165, 1.54) is 0 Å². The predicted octanol–water partition coefficient (Wildman–Crippen LogP) is 3.64. The van der Waals surface area contributed by atoms with Gasteiger partial charge in [0.25, 0.3) is 0 Å². The van der Waals surface area contributed by atoms with Crippen molar-refractivity contribution < 1.29 is 24.9 Å². The van der Waals surface area contributed by atoms with Gasteiger partial charge >= 0.3 is 5.97 Å². The number of ketones is 1. The zero-order chi connectivity index (χ0) is 19.5. The lowest BCUT2D eigenvalue weighted by molar-refractivity contribution is -0.137. The Morgan fingerprint density at radius 1 is 1.27 bits per heavy atom. The molecule has 1 aliphatic rings. The van der Waals surface area contributed by atoms with Crippen molar-refractivity contribution in [2.75, 3.05) is 0 Å². The summed E-state index contributed by atoms with van der Waals surface area (Å²) in [5.41, 5.74) is 0.886. The fourth-order valence-corrected chi connectivity index (χ4v) is 3.68. The molecule has 0 aromatic rings. The Morgan fingerprint density at radius 2 is 2.00 bits per heavy atom. The standard InChI is InChI=1S/C21H34O5/c1-3-4-7-10-16(22)13-15(2)21-17(18(23)14-19(21)24)11-8-5-6-9-12-20(25)26/h5,8,13,16-17,19,21-22,24H,3-4,6-7,9-12,14H2,1-2H3,(H,25,26)/b8-5+,15-13+. The maximum Gasteiger partial charge on any atom is 0.303 e. The normalized spacial score (nSPS) is 25.2. The molecule has 1 aliphatic carbocycles. The molecule has 4 atom stereocenters. The van der Waals surface area contributed by atoms with Crippen LogP contribution >= 0.6 is 0 Å². The van der Waals surface area contributed by atoms with Crippen LogP contribution in [0.3, 0.4) is 0 Å². The van der Waals surface area contributed by atoms with Gasteiger partial charge in [0.2, 0.25) is 0 Å². The van der Waals surface area contributed by atoms with E-state index in [9.17, 15) is 19.8 Å². The van der Waals surface area contributed by atoms with E-state index in [0.717, 1.165) is 24.8 Å². The van der Waals surface area contributed by atoms with Crippen LogP contribution in [0.5, 0.6) is 0 Å². The van der Waals surface area contributed by atoms with Crippen molar-refractivity contribution >= 4 is 11.8 Å². The van der Waals surface area contributed by atoms with Gasteiger partial charge in [-0.15, -0.1) is 0 Å². The number of hydrogen-bond acceptors (Lipinski definition) is 4. The summed E-state index contributed by atoms with van der Waals surface area (Å²) in [6.45, 7) is 4.01. The molecule has 1 saturated carbocycles. The van der Waals surface area contributed by atoms with E-state index in [2.05, 4.69) is 6.92 Å².